The number of nitrogens with zero attached hydrogens (tertiary/aromatic N) is 1. The average molecular weight is 356 g/mol. The van der Waals surface area contributed by atoms with E-state index in [0.717, 1.165) is 29.3 Å². The number of halogens is 1. The summed E-state index contributed by atoms with van der Waals surface area (Å²) in [7, 11) is 0. The fourth-order valence-corrected chi connectivity index (χ4v) is 3.62. The van der Waals surface area contributed by atoms with Crippen LogP contribution in [0.25, 0.3) is 22.0 Å². The van der Waals surface area contributed by atoms with Crippen LogP contribution in [-0.4, -0.2) is 10.2 Å². The van der Waals surface area contributed by atoms with E-state index in [-0.39, 0.29) is 5.60 Å². The molecule has 132 valence electrons. The SMILES string of the molecule is CCCn1c(C)c(-c2ccccc2Cl)c2cc(OC(C)(C)C)ccc21. The molecular weight excluding hydrogens is 330 g/mol. The molecule has 3 rings (SSSR count). The van der Waals surface area contributed by atoms with Gasteiger partial charge in [0.15, 0.2) is 0 Å². The molecule has 0 unspecified atom stereocenters. The van der Waals surface area contributed by atoms with Crippen LogP contribution < -0.4 is 4.74 Å². The van der Waals surface area contributed by atoms with E-state index in [0.29, 0.717) is 0 Å². The molecule has 1 heterocycles. The Morgan fingerprint density at radius 3 is 2.44 bits per heavy atom. The lowest BCUT2D eigenvalue weighted by Crippen LogP contribution is -2.22. The second kappa shape index (κ2) is 6.76. The molecule has 2 aromatic carbocycles. The van der Waals surface area contributed by atoms with Gasteiger partial charge in [-0.15, -0.1) is 0 Å². The summed E-state index contributed by atoms with van der Waals surface area (Å²) in [6.45, 7) is 11.6. The average Bonchev–Trinajstić information content (AvgIpc) is 2.79. The zero-order chi connectivity index (χ0) is 18.2. The molecule has 0 atom stereocenters. The Morgan fingerprint density at radius 1 is 1.08 bits per heavy atom. The number of hydrogen-bond acceptors (Lipinski definition) is 1. The molecule has 0 saturated carbocycles. The van der Waals surface area contributed by atoms with Gasteiger partial charge in [-0.3, -0.25) is 0 Å². The highest BCUT2D eigenvalue weighted by Crippen LogP contribution is 2.40. The molecule has 3 aromatic rings. The van der Waals surface area contributed by atoms with Gasteiger partial charge in [-0.2, -0.15) is 0 Å². The van der Waals surface area contributed by atoms with Crippen LogP contribution >= 0.6 is 11.6 Å². The highest BCUT2D eigenvalue weighted by atomic mass is 35.5. The maximum atomic E-state index is 6.52. The van der Waals surface area contributed by atoms with Gasteiger partial charge in [-0.05, 0) is 58.4 Å². The van der Waals surface area contributed by atoms with E-state index in [4.69, 9.17) is 16.3 Å². The first-order valence-electron chi connectivity index (χ1n) is 8.88. The number of fused-ring (bicyclic) bond motifs is 1. The van der Waals surface area contributed by atoms with Crippen LogP contribution in [0.15, 0.2) is 42.5 Å². The summed E-state index contributed by atoms with van der Waals surface area (Å²) in [6.07, 6.45) is 1.09. The molecular formula is C22H26ClNO. The van der Waals surface area contributed by atoms with Crippen molar-refractivity contribution in [1.29, 1.82) is 0 Å². The van der Waals surface area contributed by atoms with Crippen LogP contribution in [0.5, 0.6) is 5.75 Å². The van der Waals surface area contributed by atoms with Crippen LogP contribution in [0.4, 0.5) is 0 Å². The van der Waals surface area contributed by atoms with Gasteiger partial charge >= 0.3 is 0 Å². The van der Waals surface area contributed by atoms with Gasteiger partial charge in [0, 0.05) is 39.3 Å². The number of aryl methyl sites for hydroxylation is 1. The largest absolute Gasteiger partial charge is 0.488 e. The lowest BCUT2D eigenvalue weighted by atomic mass is 10.0. The number of ether oxygens (including phenoxy) is 1. The van der Waals surface area contributed by atoms with E-state index < -0.39 is 0 Å². The molecule has 0 aliphatic heterocycles. The van der Waals surface area contributed by atoms with Crippen molar-refractivity contribution >= 4 is 22.5 Å². The maximum Gasteiger partial charge on any atom is 0.120 e. The van der Waals surface area contributed by atoms with Crippen molar-refractivity contribution in [2.45, 2.75) is 53.2 Å². The Bertz CT molecular complexity index is 902. The number of aromatic nitrogens is 1. The van der Waals surface area contributed by atoms with Crippen molar-refractivity contribution in [2.24, 2.45) is 0 Å². The molecule has 0 spiro atoms. The van der Waals surface area contributed by atoms with E-state index in [1.165, 1.54) is 22.2 Å². The van der Waals surface area contributed by atoms with Crippen LogP contribution in [-0.2, 0) is 6.54 Å². The van der Waals surface area contributed by atoms with E-state index in [1.807, 2.05) is 18.2 Å². The summed E-state index contributed by atoms with van der Waals surface area (Å²) in [4.78, 5) is 0. The molecule has 0 radical (unpaired) electrons. The Labute approximate surface area is 155 Å². The molecule has 0 aliphatic rings. The van der Waals surface area contributed by atoms with Crippen molar-refractivity contribution < 1.29 is 4.74 Å². The molecule has 0 amide bonds. The predicted molar refractivity (Wildman–Crippen MR) is 108 cm³/mol. The Hall–Kier alpha value is -1.93. The number of benzene rings is 2. The van der Waals surface area contributed by atoms with E-state index in [1.54, 1.807) is 0 Å². The molecule has 0 saturated heterocycles. The lowest BCUT2D eigenvalue weighted by Gasteiger charge is -2.21. The van der Waals surface area contributed by atoms with Crippen molar-refractivity contribution in [1.82, 2.24) is 4.57 Å². The highest BCUT2D eigenvalue weighted by Gasteiger charge is 2.19. The fraction of sp³-hybridized carbons (Fsp3) is 0.364. The quantitative estimate of drug-likeness (QED) is 0.498. The van der Waals surface area contributed by atoms with Gasteiger partial charge < -0.3 is 9.30 Å². The Balaban J connectivity index is 2.28. The van der Waals surface area contributed by atoms with Crippen LogP contribution in [0.1, 0.15) is 39.8 Å². The van der Waals surface area contributed by atoms with E-state index in [9.17, 15) is 0 Å². The molecule has 1 aromatic heterocycles. The Kier molecular flexibility index (Phi) is 4.83. The standard InChI is InChI=1S/C22H26ClNO/c1-6-13-24-15(2)21(17-9-7-8-10-19(17)23)18-14-16(11-12-20(18)24)25-22(3,4)5/h7-12,14H,6,13H2,1-5H3. The minimum absolute atomic E-state index is 0.223. The van der Waals surface area contributed by atoms with E-state index >= 15 is 0 Å². The molecule has 0 aliphatic carbocycles. The fourth-order valence-electron chi connectivity index (χ4n) is 3.39. The third-order valence-electron chi connectivity index (χ3n) is 4.31. The van der Waals surface area contributed by atoms with Crippen molar-refractivity contribution in [2.75, 3.05) is 0 Å². The van der Waals surface area contributed by atoms with E-state index in [2.05, 4.69) is 63.5 Å². The molecule has 0 N–H and O–H groups in total. The van der Waals surface area contributed by atoms with Gasteiger partial charge in [-0.25, -0.2) is 0 Å². The van der Waals surface area contributed by atoms with Gasteiger partial charge in [0.25, 0.3) is 0 Å². The molecule has 3 heteroatoms. The second-order valence-electron chi connectivity index (χ2n) is 7.49. The zero-order valence-electron chi connectivity index (χ0n) is 15.7. The first-order valence-corrected chi connectivity index (χ1v) is 9.26. The van der Waals surface area contributed by atoms with Gasteiger partial charge in [-0.1, -0.05) is 36.7 Å². The third kappa shape index (κ3) is 3.55. The lowest BCUT2D eigenvalue weighted by molar-refractivity contribution is 0.131. The van der Waals surface area contributed by atoms with Gasteiger partial charge in [0.2, 0.25) is 0 Å². The minimum Gasteiger partial charge on any atom is -0.488 e. The molecule has 0 bridgehead atoms. The van der Waals surface area contributed by atoms with Gasteiger partial charge in [0.05, 0.1) is 0 Å². The predicted octanol–water partition coefficient (Wildman–Crippen LogP) is 6.86. The third-order valence-corrected chi connectivity index (χ3v) is 4.64. The first-order chi connectivity index (χ1) is 11.8. The highest BCUT2D eigenvalue weighted by molar-refractivity contribution is 6.33. The number of hydrogen-bond donors (Lipinski definition) is 0. The van der Waals surface area contributed by atoms with Crippen molar-refractivity contribution in [3.05, 3.63) is 53.2 Å². The summed E-state index contributed by atoms with van der Waals surface area (Å²) in [5.41, 5.74) is 4.54. The maximum absolute atomic E-state index is 6.52. The summed E-state index contributed by atoms with van der Waals surface area (Å²) < 4.78 is 8.48. The van der Waals surface area contributed by atoms with Crippen molar-refractivity contribution in [3.8, 4) is 16.9 Å². The van der Waals surface area contributed by atoms with Gasteiger partial charge in [0.1, 0.15) is 11.4 Å². The van der Waals surface area contributed by atoms with Crippen molar-refractivity contribution in [3.63, 3.8) is 0 Å². The van der Waals surface area contributed by atoms with Crippen LogP contribution in [0.3, 0.4) is 0 Å². The van der Waals surface area contributed by atoms with Crippen LogP contribution in [0, 0.1) is 6.92 Å². The normalized spacial score (nSPS) is 11.9. The summed E-state index contributed by atoms with van der Waals surface area (Å²) in [5, 5.41) is 1.98. The topological polar surface area (TPSA) is 14.2 Å². The first kappa shape index (κ1) is 17.9. The monoisotopic (exact) mass is 355 g/mol. The smallest absolute Gasteiger partial charge is 0.120 e. The van der Waals surface area contributed by atoms with Crippen LogP contribution in [0.2, 0.25) is 5.02 Å². The summed E-state index contributed by atoms with van der Waals surface area (Å²) in [6, 6.07) is 14.4. The molecule has 2 nitrogen and oxygen atoms in total. The Morgan fingerprint density at radius 2 is 1.80 bits per heavy atom. The number of rotatable bonds is 4. The second-order valence-corrected chi connectivity index (χ2v) is 7.89. The molecule has 25 heavy (non-hydrogen) atoms. The zero-order valence-corrected chi connectivity index (χ0v) is 16.4. The summed E-state index contributed by atoms with van der Waals surface area (Å²) in [5.74, 6) is 0.891. The summed E-state index contributed by atoms with van der Waals surface area (Å²) >= 11 is 6.52. The molecule has 0 fully saturated rings. The minimum atomic E-state index is -0.223.